The van der Waals surface area contributed by atoms with E-state index in [1.54, 1.807) is 6.33 Å². The molecule has 0 amide bonds. The van der Waals surface area contributed by atoms with Gasteiger partial charge in [0.05, 0.1) is 5.39 Å². The maximum Gasteiger partial charge on any atom is 0.145 e. The minimum Gasteiger partial charge on any atom is -0.346 e. The summed E-state index contributed by atoms with van der Waals surface area (Å²) in [5.74, 6) is 0.962. The van der Waals surface area contributed by atoms with Gasteiger partial charge in [-0.1, -0.05) is 11.6 Å². The third-order valence-electron chi connectivity index (χ3n) is 5.11. The number of fused-ring (bicyclic) bond motifs is 3. The Labute approximate surface area is 138 Å². The molecule has 5 rings (SSSR count). The Hall–Kier alpha value is -2.11. The number of hydrogen-bond acceptors (Lipinski definition) is 4. The van der Waals surface area contributed by atoms with Crippen LogP contribution in [-0.2, 0) is 5.41 Å². The van der Waals surface area contributed by atoms with Gasteiger partial charge < -0.3 is 15.2 Å². The van der Waals surface area contributed by atoms with Crippen LogP contribution in [0.4, 0.5) is 11.5 Å². The Bertz CT molecular complexity index is 897. The highest BCUT2D eigenvalue weighted by atomic mass is 35.5. The number of rotatable bonds is 1. The lowest BCUT2D eigenvalue weighted by molar-refractivity contribution is 0.508. The second-order valence-electron chi connectivity index (χ2n) is 6.39. The Morgan fingerprint density at radius 3 is 3.04 bits per heavy atom. The van der Waals surface area contributed by atoms with Crippen molar-refractivity contribution in [3.63, 3.8) is 0 Å². The lowest BCUT2D eigenvalue weighted by Crippen LogP contribution is -2.34. The van der Waals surface area contributed by atoms with Gasteiger partial charge in [0.2, 0.25) is 0 Å². The fourth-order valence-electron chi connectivity index (χ4n) is 4.01. The van der Waals surface area contributed by atoms with Gasteiger partial charge in [0, 0.05) is 35.4 Å². The molecule has 2 aromatic heterocycles. The van der Waals surface area contributed by atoms with Crippen LogP contribution < -0.4 is 10.2 Å². The van der Waals surface area contributed by atoms with E-state index in [9.17, 15) is 0 Å². The van der Waals surface area contributed by atoms with Crippen LogP contribution in [0.5, 0.6) is 0 Å². The van der Waals surface area contributed by atoms with Crippen LogP contribution in [0.15, 0.2) is 36.8 Å². The molecule has 0 radical (unpaired) electrons. The smallest absolute Gasteiger partial charge is 0.145 e. The summed E-state index contributed by atoms with van der Waals surface area (Å²) in [5.41, 5.74) is 3.53. The fourth-order valence-corrected chi connectivity index (χ4v) is 4.18. The molecule has 1 fully saturated rings. The first-order valence-electron chi connectivity index (χ1n) is 7.83. The molecule has 1 spiro atoms. The van der Waals surface area contributed by atoms with Gasteiger partial charge in [-0.15, -0.1) is 0 Å². The van der Waals surface area contributed by atoms with E-state index >= 15 is 0 Å². The summed E-state index contributed by atoms with van der Waals surface area (Å²) in [6.45, 7) is 2.95. The van der Waals surface area contributed by atoms with Crippen LogP contribution in [0.1, 0.15) is 12.0 Å². The summed E-state index contributed by atoms with van der Waals surface area (Å²) < 4.78 is 0. The first-order valence-corrected chi connectivity index (χ1v) is 8.21. The van der Waals surface area contributed by atoms with Crippen molar-refractivity contribution in [3.8, 4) is 0 Å². The number of aromatic nitrogens is 3. The predicted octanol–water partition coefficient (Wildman–Crippen LogP) is 2.99. The molecular formula is C17H16ClN5. The fraction of sp³-hybridized carbons (Fsp3) is 0.294. The van der Waals surface area contributed by atoms with Gasteiger partial charge in [0.1, 0.15) is 17.8 Å². The van der Waals surface area contributed by atoms with E-state index in [0.29, 0.717) is 0 Å². The van der Waals surface area contributed by atoms with E-state index in [4.69, 9.17) is 11.6 Å². The summed E-state index contributed by atoms with van der Waals surface area (Å²) in [4.78, 5) is 14.4. The van der Waals surface area contributed by atoms with Crippen molar-refractivity contribution in [2.24, 2.45) is 0 Å². The average molecular weight is 326 g/mol. The van der Waals surface area contributed by atoms with E-state index in [1.807, 2.05) is 18.3 Å². The van der Waals surface area contributed by atoms with E-state index in [0.717, 1.165) is 47.9 Å². The third-order valence-corrected chi connectivity index (χ3v) is 5.35. The summed E-state index contributed by atoms with van der Waals surface area (Å²) in [5, 5.41) is 5.36. The van der Waals surface area contributed by atoms with Crippen molar-refractivity contribution in [1.29, 1.82) is 0 Å². The topological polar surface area (TPSA) is 56.8 Å². The monoisotopic (exact) mass is 325 g/mol. The average Bonchev–Trinajstić information content (AvgIpc) is 3.28. The Morgan fingerprint density at radius 2 is 2.17 bits per heavy atom. The molecular weight excluding hydrogens is 310 g/mol. The molecule has 116 valence electrons. The maximum absolute atomic E-state index is 6.29. The van der Waals surface area contributed by atoms with Gasteiger partial charge in [0.15, 0.2) is 0 Å². The Morgan fingerprint density at radius 1 is 1.22 bits per heavy atom. The van der Waals surface area contributed by atoms with Gasteiger partial charge in [-0.25, -0.2) is 9.97 Å². The molecule has 1 atom stereocenters. The number of benzene rings is 1. The number of halogens is 1. The van der Waals surface area contributed by atoms with Crippen molar-refractivity contribution in [3.05, 3.63) is 47.4 Å². The highest BCUT2D eigenvalue weighted by Crippen LogP contribution is 2.48. The molecule has 0 unspecified atom stereocenters. The van der Waals surface area contributed by atoms with Crippen molar-refractivity contribution < 1.29 is 0 Å². The van der Waals surface area contributed by atoms with E-state index in [1.165, 1.54) is 11.3 Å². The minimum absolute atomic E-state index is 0.119. The summed E-state index contributed by atoms with van der Waals surface area (Å²) in [6, 6.07) is 8.24. The molecule has 1 aromatic carbocycles. The van der Waals surface area contributed by atoms with E-state index in [2.05, 4.69) is 37.3 Å². The van der Waals surface area contributed by atoms with Crippen LogP contribution in [0, 0.1) is 0 Å². The molecule has 2 N–H and O–H groups in total. The standard InChI is InChI=1S/C17H16ClN5/c18-11-1-2-14-13(7-11)17(4-6-19-8-17)9-23(14)16-12-3-5-20-15(12)21-10-22-16/h1-3,5,7,10,19H,4,6,8-9H2,(H,20,21,22)/t17-/m1/s1. The Kier molecular flexibility index (Phi) is 2.72. The second kappa shape index (κ2) is 4.69. The number of anilines is 2. The van der Waals surface area contributed by atoms with Crippen LogP contribution in [0.2, 0.25) is 5.02 Å². The van der Waals surface area contributed by atoms with Gasteiger partial charge in [-0.05, 0) is 42.8 Å². The van der Waals surface area contributed by atoms with Crippen LogP contribution in [0.25, 0.3) is 11.0 Å². The Balaban J connectivity index is 1.72. The van der Waals surface area contributed by atoms with Gasteiger partial charge in [-0.2, -0.15) is 0 Å². The summed E-state index contributed by atoms with van der Waals surface area (Å²) in [7, 11) is 0. The molecule has 4 heterocycles. The quantitative estimate of drug-likeness (QED) is 0.722. The number of nitrogens with one attached hydrogen (secondary N) is 2. The SMILES string of the molecule is Clc1ccc2c(c1)[C@@]1(CCNC1)CN2c1ncnc2[nH]ccc12. The van der Waals surface area contributed by atoms with E-state index < -0.39 is 0 Å². The summed E-state index contributed by atoms with van der Waals surface area (Å²) in [6.07, 6.45) is 4.66. The number of hydrogen-bond donors (Lipinski definition) is 2. The number of H-pyrrole nitrogens is 1. The van der Waals surface area contributed by atoms with Crippen LogP contribution in [0.3, 0.4) is 0 Å². The van der Waals surface area contributed by atoms with Crippen molar-refractivity contribution >= 4 is 34.1 Å². The summed E-state index contributed by atoms with van der Waals surface area (Å²) >= 11 is 6.29. The van der Waals surface area contributed by atoms with Crippen molar-refractivity contribution in [2.75, 3.05) is 24.5 Å². The first-order chi connectivity index (χ1) is 11.3. The molecule has 0 aliphatic carbocycles. The van der Waals surface area contributed by atoms with Gasteiger partial charge >= 0.3 is 0 Å². The number of nitrogens with zero attached hydrogens (tertiary/aromatic N) is 3. The van der Waals surface area contributed by atoms with Crippen LogP contribution >= 0.6 is 11.6 Å². The first kappa shape index (κ1) is 13.3. The molecule has 0 saturated carbocycles. The van der Waals surface area contributed by atoms with Crippen molar-refractivity contribution in [2.45, 2.75) is 11.8 Å². The zero-order valence-corrected chi connectivity index (χ0v) is 13.3. The molecule has 1 saturated heterocycles. The second-order valence-corrected chi connectivity index (χ2v) is 6.83. The molecule has 5 nitrogen and oxygen atoms in total. The van der Waals surface area contributed by atoms with Gasteiger partial charge in [-0.3, -0.25) is 0 Å². The molecule has 6 heteroatoms. The zero-order chi connectivity index (χ0) is 15.4. The zero-order valence-electron chi connectivity index (χ0n) is 12.5. The van der Waals surface area contributed by atoms with Crippen molar-refractivity contribution in [1.82, 2.24) is 20.3 Å². The lowest BCUT2D eigenvalue weighted by Gasteiger charge is -2.24. The highest BCUT2D eigenvalue weighted by Gasteiger charge is 2.45. The lowest BCUT2D eigenvalue weighted by atomic mass is 9.82. The van der Waals surface area contributed by atoms with Crippen LogP contribution in [-0.4, -0.2) is 34.6 Å². The molecule has 2 aliphatic heterocycles. The largest absolute Gasteiger partial charge is 0.346 e. The minimum atomic E-state index is 0.119. The molecule has 0 bridgehead atoms. The normalized spacial score (nSPS) is 23.1. The van der Waals surface area contributed by atoms with E-state index in [-0.39, 0.29) is 5.41 Å². The number of aromatic amines is 1. The highest BCUT2D eigenvalue weighted by molar-refractivity contribution is 6.30. The van der Waals surface area contributed by atoms with Gasteiger partial charge in [0.25, 0.3) is 0 Å². The maximum atomic E-state index is 6.29. The molecule has 23 heavy (non-hydrogen) atoms. The molecule has 3 aromatic rings. The molecule has 2 aliphatic rings. The predicted molar refractivity (Wildman–Crippen MR) is 91.5 cm³/mol. The third kappa shape index (κ3) is 1.84.